The molecule has 4 N–H and O–H groups in total. The van der Waals surface area contributed by atoms with Crippen LogP contribution in [0.3, 0.4) is 0 Å². The number of nitrogens with two attached hydrogens (primary N) is 1. The number of amides is 2. The van der Waals surface area contributed by atoms with Crippen molar-refractivity contribution >= 4 is 34.2 Å². The molecule has 0 aliphatic carbocycles. The molecule has 0 fully saturated rings. The van der Waals surface area contributed by atoms with Crippen LogP contribution < -0.4 is 16.4 Å². The molecule has 2 heterocycles. The Morgan fingerprint density at radius 3 is 2.52 bits per heavy atom. The SMILES string of the molecule is CC(C)S(=O)Cc1cc(N)nc(-c2ccc(NC(=O)Nc3ccccn3)cc2)n1. The number of anilines is 3. The lowest BCUT2D eigenvalue weighted by Gasteiger charge is -2.09. The maximum atomic E-state index is 12.1. The summed E-state index contributed by atoms with van der Waals surface area (Å²) in [5, 5.41) is 5.42. The number of carbonyl (C=O) groups excluding carboxylic acids is 1. The molecule has 150 valence electrons. The van der Waals surface area contributed by atoms with Gasteiger partial charge in [-0.1, -0.05) is 19.9 Å². The first-order chi connectivity index (χ1) is 13.9. The van der Waals surface area contributed by atoms with Gasteiger partial charge in [0.15, 0.2) is 5.82 Å². The lowest BCUT2D eigenvalue weighted by atomic mass is 10.2. The van der Waals surface area contributed by atoms with Gasteiger partial charge in [0, 0.05) is 39.6 Å². The Bertz CT molecular complexity index is 1010. The number of nitrogens with zero attached hydrogens (tertiary/aromatic N) is 3. The average molecular weight is 411 g/mol. The van der Waals surface area contributed by atoms with Crippen molar-refractivity contribution < 1.29 is 9.00 Å². The number of nitrogen functional groups attached to an aromatic ring is 1. The van der Waals surface area contributed by atoms with E-state index in [1.807, 2.05) is 13.8 Å². The molecule has 0 saturated heterocycles. The van der Waals surface area contributed by atoms with Crippen LogP contribution in [0.1, 0.15) is 19.5 Å². The van der Waals surface area contributed by atoms with Gasteiger partial charge in [-0.25, -0.2) is 19.7 Å². The van der Waals surface area contributed by atoms with Crippen LogP contribution in [-0.2, 0) is 16.6 Å². The number of hydrogen-bond donors (Lipinski definition) is 3. The highest BCUT2D eigenvalue weighted by molar-refractivity contribution is 7.84. The minimum absolute atomic E-state index is 0.0391. The van der Waals surface area contributed by atoms with Crippen molar-refractivity contribution in [1.82, 2.24) is 15.0 Å². The average Bonchev–Trinajstić information content (AvgIpc) is 2.68. The predicted molar refractivity (Wildman–Crippen MR) is 116 cm³/mol. The highest BCUT2D eigenvalue weighted by Gasteiger charge is 2.11. The smallest absolute Gasteiger partial charge is 0.324 e. The second kappa shape index (κ2) is 9.24. The Hall–Kier alpha value is -3.33. The molecule has 0 aliphatic rings. The lowest BCUT2D eigenvalue weighted by Crippen LogP contribution is -2.19. The van der Waals surface area contributed by atoms with E-state index in [2.05, 4.69) is 25.6 Å². The van der Waals surface area contributed by atoms with Crippen molar-refractivity contribution in [2.24, 2.45) is 0 Å². The van der Waals surface area contributed by atoms with E-state index in [1.165, 1.54) is 0 Å². The zero-order valence-electron chi connectivity index (χ0n) is 16.1. The maximum Gasteiger partial charge on any atom is 0.324 e. The normalized spacial score (nSPS) is 11.8. The third kappa shape index (κ3) is 5.82. The van der Waals surface area contributed by atoms with E-state index in [9.17, 15) is 9.00 Å². The summed E-state index contributed by atoms with van der Waals surface area (Å²) in [6.07, 6.45) is 1.60. The van der Waals surface area contributed by atoms with Crippen LogP contribution in [0.5, 0.6) is 0 Å². The third-order valence-electron chi connectivity index (χ3n) is 3.92. The molecule has 1 atom stereocenters. The van der Waals surface area contributed by atoms with E-state index in [4.69, 9.17) is 5.73 Å². The van der Waals surface area contributed by atoms with Gasteiger partial charge in [-0.05, 0) is 36.4 Å². The zero-order valence-corrected chi connectivity index (χ0v) is 16.9. The summed E-state index contributed by atoms with van der Waals surface area (Å²) in [6.45, 7) is 3.80. The Balaban J connectivity index is 1.70. The predicted octanol–water partition coefficient (Wildman–Crippen LogP) is 3.42. The summed E-state index contributed by atoms with van der Waals surface area (Å²) >= 11 is 0. The van der Waals surface area contributed by atoms with Crippen molar-refractivity contribution in [2.75, 3.05) is 16.4 Å². The molecule has 0 saturated carbocycles. The Morgan fingerprint density at radius 1 is 1.10 bits per heavy atom. The van der Waals surface area contributed by atoms with Crippen LogP contribution >= 0.6 is 0 Å². The van der Waals surface area contributed by atoms with Gasteiger partial charge >= 0.3 is 6.03 Å². The van der Waals surface area contributed by atoms with Gasteiger partial charge in [0.25, 0.3) is 0 Å². The van der Waals surface area contributed by atoms with E-state index >= 15 is 0 Å². The van der Waals surface area contributed by atoms with Crippen LogP contribution in [0, 0.1) is 0 Å². The monoisotopic (exact) mass is 410 g/mol. The van der Waals surface area contributed by atoms with Gasteiger partial charge in [-0.15, -0.1) is 0 Å². The minimum atomic E-state index is -1.03. The standard InChI is InChI=1S/C20H22N6O2S/c1-13(2)29(28)12-16-11-17(21)25-19(23-16)14-6-8-15(9-7-14)24-20(27)26-18-5-3-4-10-22-18/h3-11,13H,12H2,1-2H3,(H2,21,23,25)(H2,22,24,26,27). The minimum Gasteiger partial charge on any atom is -0.384 e. The quantitative estimate of drug-likeness (QED) is 0.572. The second-order valence-electron chi connectivity index (χ2n) is 6.55. The van der Waals surface area contributed by atoms with Crippen LogP contribution in [0.25, 0.3) is 11.4 Å². The number of pyridine rings is 1. The summed E-state index contributed by atoms with van der Waals surface area (Å²) in [5.74, 6) is 1.55. The van der Waals surface area contributed by atoms with Crippen LogP contribution in [-0.4, -0.2) is 30.4 Å². The number of rotatable bonds is 6. The molecule has 9 heteroatoms. The van der Waals surface area contributed by atoms with Gasteiger partial charge in [0.2, 0.25) is 0 Å². The van der Waals surface area contributed by atoms with Crippen LogP contribution in [0.4, 0.5) is 22.1 Å². The van der Waals surface area contributed by atoms with E-state index in [0.29, 0.717) is 34.6 Å². The van der Waals surface area contributed by atoms with Crippen LogP contribution in [0.15, 0.2) is 54.7 Å². The molecule has 0 aliphatic heterocycles. The molecule has 1 unspecified atom stereocenters. The molecular formula is C20H22N6O2S. The summed E-state index contributed by atoms with van der Waals surface area (Å²) in [5.41, 5.74) is 7.88. The second-order valence-corrected chi connectivity index (χ2v) is 8.55. The number of nitrogens with one attached hydrogen (secondary N) is 2. The maximum absolute atomic E-state index is 12.1. The molecule has 0 bridgehead atoms. The Kier molecular flexibility index (Phi) is 6.50. The molecule has 0 spiro atoms. The molecular weight excluding hydrogens is 388 g/mol. The van der Waals surface area contributed by atoms with Crippen molar-refractivity contribution in [1.29, 1.82) is 0 Å². The van der Waals surface area contributed by atoms with E-state index < -0.39 is 16.8 Å². The molecule has 3 rings (SSSR count). The number of urea groups is 1. The molecule has 2 amide bonds. The van der Waals surface area contributed by atoms with Gasteiger partial charge in [-0.3, -0.25) is 9.53 Å². The van der Waals surface area contributed by atoms with Crippen molar-refractivity contribution in [3.63, 3.8) is 0 Å². The molecule has 29 heavy (non-hydrogen) atoms. The topological polar surface area (TPSA) is 123 Å². The number of hydrogen-bond acceptors (Lipinski definition) is 6. The van der Waals surface area contributed by atoms with Crippen LogP contribution in [0.2, 0.25) is 0 Å². The number of aromatic nitrogens is 3. The Labute approximate surface area is 171 Å². The molecule has 0 radical (unpaired) electrons. The molecule has 1 aromatic carbocycles. The summed E-state index contributed by atoms with van der Waals surface area (Å²) in [4.78, 5) is 24.8. The third-order valence-corrected chi connectivity index (χ3v) is 5.55. The first-order valence-corrected chi connectivity index (χ1v) is 10.4. The molecule has 2 aromatic heterocycles. The zero-order chi connectivity index (χ0) is 20.8. The summed E-state index contributed by atoms with van der Waals surface area (Å²) < 4.78 is 12.1. The lowest BCUT2D eigenvalue weighted by molar-refractivity contribution is 0.262. The molecule has 3 aromatic rings. The molecule has 8 nitrogen and oxygen atoms in total. The van der Waals surface area contributed by atoms with Gasteiger partial charge in [0.1, 0.15) is 11.6 Å². The fourth-order valence-electron chi connectivity index (χ4n) is 2.45. The summed E-state index contributed by atoms with van der Waals surface area (Å²) in [7, 11) is -1.03. The first-order valence-electron chi connectivity index (χ1n) is 9.01. The summed E-state index contributed by atoms with van der Waals surface area (Å²) in [6, 6.07) is 13.6. The van der Waals surface area contributed by atoms with E-state index in [-0.39, 0.29) is 5.25 Å². The highest BCUT2D eigenvalue weighted by atomic mass is 32.2. The van der Waals surface area contributed by atoms with Crippen molar-refractivity contribution in [3.05, 3.63) is 60.4 Å². The largest absolute Gasteiger partial charge is 0.384 e. The van der Waals surface area contributed by atoms with Crippen molar-refractivity contribution in [2.45, 2.75) is 24.9 Å². The van der Waals surface area contributed by atoms with Crippen molar-refractivity contribution in [3.8, 4) is 11.4 Å². The van der Waals surface area contributed by atoms with Gasteiger partial charge < -0.3 is 11.1 Å². The number of carbonyl (C=O) groups is 1. The van der Waals surface area contributed by atoms with Gasteiger partial charge in [0.05, 0.1) is 11.4 Å². The fourth-order valence-corrected chi connectivity index (χ4v) is 3.22. The fraction of sp³-hybridized carbons (Fsp3) is 0.200. The first kappa shape index (κ1) is 20.4. The Morgan fingerprint density at radius 2 is 1.86 bits per heavy atom. The highest BCUT2D eigenvalue weighted by Crippen LogP contribution is 2.20. The van der Waals surface area contributed by atoms with Gasteiger partial charge in [-0.2, -0.15) is 0 Å². The van der Waals surface area contributed by atoms with E-state index in [1.54, 1.807) is 54.7 Å². The number of benzene rings is 1. The van der Waals surface area contributed by atoms with E-state index in [0.717, 1.165) is 5.56 Å².